The van der Waals surface area contributed by atoms with Crippen molar-refractivity contribution in [2.75, 3.05) is 46.4 Å². The third kappa shape index (κ3) is 10.6. The molecule has 0 aromatic heterocycles. The molecule has 0 aromatic rings. The van der Waals surface area contributed by atoms with Crippen molar-refractivity contribution in [3.05, 3.63) is 0 Å². The Hall–Kier alpha value is -0.980. The number of aliphatic hydroxyl groups is 1. The van der Waals surface area contributed by atoms with Gasteiger partial charge in [-0.05, 0) is 64.5 Å². The van der Waals surface area contributed by atoms with Crippen molar-refractivity contribution in [2.24, 2.45) is 17.8 Å². The van der Waals surface area contributed by atoms with Gasteiger partial charge < -0.3 is 14.7 Å². The normalized spacial score (nSPS) is 19.4. The van der Waals surface area contributed by atoms with Gasteiger partial charge in [-0.15, -0.1) is 0 Å². The van der Waals surface area contributed by atoms with Gasteiger partial charge in [0.1, 0.15) is 12.4 Å². The maximum atomic E-state index is 11.8. The van der Waals surface area contributed by atoms with E-state index in [0.717, 1.165) is 50.9 Å². The van der Waals surface area contributed by atoms with Gasteiger partial charge in [-0.1, -0.05) is 26.7 Å². The molecule has 0 unspecified atom stereocenters. The molecule has 29 heavy (non-hydrogen) atoms. The second kappa shape index (κ2) is 14.1. The molecule has 0 spiro atoms. The van der Waals surface area contributed by atoms with Gasteiger partial charge in [0.2, 0.25) is 5.91 Å². The lowest BCUT2D eigenvalue weighted by molar-refractivity contribution is -0.135. The van der Waals surface area contributed by atoms with E-state index >= 15 is 0 Å². The van der Waals surface area contributed by atoms with E-state index in [1.165, 1.54) is 25.7 Å². The van der Waals surface area contributed by atoms with Crippen LogP contribution in [0.3, 0.4) is 0 Å². The molecule has 2 rings (SSSR count). The van der Waals surface area contributed by atoms with Crippen LogP contribution >= 0.6 is 0 Å². The van der Waals surface area contributed by atoms with Gasteiger partial charge in [-0.25, -0.2) is 0 Å². The standard InChI is InChI=1S/C19H34N2O3.C4H10O/c1-15(2)18(23)13-20-9-5-16(6-10-20)3-4-17-7-11-21(12-8-17)19(24)14-22;1-4(2)5-3/h15-17,22H,3-14H2,1-2H3;4H,1-3H3. The third-order valence-electron chi connectivity index (χ3n) is 6.29. The smallest absolute Gasteiger partial charge is 0.248 e. The second-order valence-electron chi connectivity index (χ2n) is 9.18. The molecule has 0 bridgehead atoms. The van der Waals surface area contributed by atoms with E-state index in [-0.39, 0.29) is 18.4 Å². The summed E-state index contributed by atoms with van der Waals surface area (Å²) in [5.74, 6) is 1.90. The Morgan fingerprint density at radius 3 is 1.76 bits per heavy atom. The first-order valence-corrected chi connectivity index (χ1v) is 11.4. The van der Waals surface area contributed by atoms with Gasteiger partial charge >= 0.3 is 0 Å². The molecule has 2 aliphatic rings. The average Bonchev–Trinajstić information content (AvgIpc) is 2.73. The third-order valence-corrected chi connectivity index (χ3v) is 6.29. The molecule has 0 aliphatic carbocycles. The lowest BCUT2D eigenvalue weighted by Crippen LogP contribution is -2.40. The van der Waals surface area contributed by atoms with Crippen LogP contribution in [0.1, 0.15) is 66.2 Å². The minimum Gasteiger partial charge on any atom is -0.387 e. The number of hydrogen-bond donors (Lipinski definition) is 1. The van der Waals surface area contributed by atoms with Crippen LogP contribution in [-0.2, 0) is 14.3 Å². The maximum absolute atomic E-state index is 11.8. The van der Waals surface area contributed by atoms with E-state index in [0.29, 0.717) is 18.4 Å². The van der Waals surface area contributed by atoms with Gasteiger partial charge in [0.15, 0.2) is 0 Å². The number of nitrogens with zero attached hydrogens (tertiary/aromatic N) is 2. The summed E-state index contributed by atoms with van der Waals surface area (Å²) < 4.78 is 4.75. The first kappa shape index (κ1) is 26.1. The molecule has 170 valence electrons. The molecular formula is C23H44N2O4. The fraction of sp³-hybridized carbons (Fsp3) is 0.913. The second-order valence-corrected chi connectivity index (χ2v) is 9.18. The summed E-state index contributed by atoms with van der Waals surface area (Å²) in [4.78, 5) is 27.4. The van der Waals surface area contributed by atoms with Crippen molar-refractivity contribution in [1.29, 1.82) is 0 Å². The number of methoxy groups -OCH3 is 1. The Morgan fingerprint density at radius 1 is 0.931 bits per heavy atom. The highest BCUT2D eigenvalue weighted by Crippen LogP contribution is 2.28. The summed E-state index contributed by atoms with van der Waals surface area (Å²) in [7, 11) is 1.70. The monoisotopic (exact) mass is 412 g/mol. The lowest BCUT2D eigenvalue weighted by atomic mass is 9.85. The van der Waals surface area contributed by atoms with Crippen LogP contribution in [0, 0.1) is 17.8 Å². The van der Waals surface area contributed by atoms with Crippen molar-refractivity contribution < 1.29 is 19.4 Å². The number of likely N-dealkylation sites (tertiary alicyclic amines) is 2. The molecule has 2 aliphatic heterocycles. The molecular weight excluding hydrogens is 368 g/mol. The number of hydrogen-bond acceptors (Lipinski definition) is 5. The molecule has 0 saturated carbocycles. The molecule has 0 radical (unpaired) electrons. The van der Waals surface area contributed by atoms with E-state index in [1.54, 1.807) is 12.0 Å². The SMILES string of the molecule is CC(C)C(=O)CN1CCC(CCC2CCN(C(=O)CO)CC2)CC1.COC(C)C. The van der Waals surface area contributed by atoms with Crippen LogP contribution < -0.4 is 0 Å². The zero-order chi connectivity index (χ0) is 21.8. The van der Waals surface area contributed by atoms with Crippen molar-refractivity contribution in [2.45, 2.75) is 72.3 Å². The van der Waals surface area contributed by atoms with Crippen molar-refractivity contribution in [3.63, 3.8) is 0 Å². The maximum Gasteiger partial charge on any atom is 0.248 e. The number of piperidine rings is 2. The Morgan fingerprint density at radius 2 is 1.38 bits per heavy atom. The summed E-state index contributed by atoms with van der Waals surface area (Å²) >= 11 is 0. The number of amides is 1. The van der Waals surface area contributed by atoms with E-state index in [2.05, 4.69) is 4.90 Å². The van der Waals surface area contributed by atoms with Crippen molar-refractivity contribution >= 4 is 11.7 Å². The molecule has 0 atom stereocenters. The van der Waals surface area contributed by atoms with Gasteiger partial charge in [-0.2, -0.15) is 0 Å². The van der Waals surface area contributed by atoms with Gasteiger partial charge in [-0.3, -0.25) is 14.5 Å². The topological polar surface area (TPSA) is 70.1 Å². The van der Waals surface area contributed by atoms with Crippen LogP contribution in [0.15, 0.2) is 0 Å². The minimum absolute atomic E-state index is 0.128. The largest absolute Gasteiger partial charge is 0.387 e. The number of rotatable bonds is 8. The quantitative estimate of drug-likeness (QED) is 0.664. The van der Waals surface area contributed by atoms with Gasteiger partial charge in [0.25, 0.3) is 0 Å². The average molecular weight is 413 g/mol. The molecule has 2 saturated heterocycles. The number of ether oxygens (including phenoxy) is 1. The number of ketones is 1. The van der Waals surface area contributed by atoms with E-state index in [4.69, 9.17) is 9.84 Å². The Labute approximate surface area is 178 Å². The van der Waals surface area contributed by atoms with E-state index in [9.17, 15) is 9.59 Å². The van der Waals surface area contributed by atoms with Crippen LogP contribution in [0.25, 0.3) is 0 Å². The van der Waals surface area contributed by atoms with Crippen LogP contribution in [0.5, 0.6) is 0 Å². The number of aliphatic hydroxyl groups excluding tert-OH is 1. The first-order chi connectivity index (χ1) is 13.8. The molecule has 2 heterocycles. The molecule has 0 aromatic carbocycles. The fourth-order valence-corrected chi connectivity index (χ4v) is 3.88. The summed E-state index contributed by atoms with van der Waals surface area (Å²) in [6.07, 6.45) is 7.51. The lowest BCUT2D eigenvalue weighted by Gasteiger charge is -2.34. The molecule has 2 fully saturated rings. The predicted octanol–water partition coefficient (Wildman–Crippen LogP) is 2.98. The van der Waals surface area contributed by atoms with Crippen molar-refractivity contribution in [3.8, 4) is 0 Å². The zero-order valence-electron chi connectivity index (χ0n) is 19.4. The van der Waals surface area contributed by atoms with Crippen LogP contribution in [-0.4, -0.2) is 79.1 Å². The highest BCUT2D eigenvalue weighted by molar-refractivity contribution is 5.82. The van der Waals surface area contributed by atoms with Gasteiger partial charge in [0, 0.05) is 26.1 Å². The summed E-state index contributed by atoms with van der Waals surface area (Å²) in [6, 6.07) is 0. The molecule has 6 heteroatoms. The summed E-state index contributed by atoms with van der Waals surface area (Å²) in [5, 5.41) is 8.92. The van der Waals surface area contributed by atoms with Crippen LogP contribution in [0.4, 0.5) is 0 Å². The highest BCUT2D eigenvalue weighted by atomic mass is 16.5. The highest BCUT2D eigenvalue weighted by Gasteiger charge is 2.25. The van der Waals surface area contributed by atoms with E-state index < -0.39 is 0 Å². The Bertz CT molecular complexity index is 465. The van der Waals surface area contributed by atoms with E-state index in [1.807, 2.05) is 27.7 Å². The number of carbonyl (C=O) groups is 2. The Kier molecular flexibility index (Phi) is 12.7. The zero-order valence-corrected chi connectivity index (χ0v) is 19.4. The summed E-state index contributed by atoms with van der Waals surface area (Å²) in [5.41, 5.74) is 0. The summed E-state index contributed by atoms with van der Waals surface area (Å²) in [6.45, 7) is 12.0. The molecule has 1 amide bonds. The molecule has 6 nitrogen and oxygen atoms in total. The van der Waals surface area contributed by atoms with Crippen molar-refractivity contribution in [1.82, 2.24) is 9.80 Å². The number of Topliss-reactive ketones (excluding diaryl/α,β-unsaturated/α-hetero) is 1. The number of carbonyl (C=O) groups excluding carboxylic acids is 2. The Balaban J connectivity index is 0.000000749. The first-order valence-electron chi connectivity index (χ1n) is 11.4. The molecule has 1 N–H and O–H groups in total. The fourth-order valence-electron chi connectivity index (χ4n) is 3.88. The minimum atomic E-state index is -0.359. The van der Waals surface area contributed by atoms with Gasteiger partial charge in [0.05, 0.1) is 12.6 Å². The van der Waals surface area contributed by atoms with Crippen LogP contribution in [0.2, 0.25) is 0 Å². The predicted molar refractivity (Wildman–Crippen MR) is 117 cm³/mol.